The molecule has 0 N–H and O–H groups in total. The number of rotatable bonds is 3. The van der Waals surface area contributed by atoms with Crippen molar-refractivity contribution in [2.45, 2.75) is 23.6 Å². The maximum atomic E-state index is 11.4. The van der Waals surface area contributed by atoms with Gasteiger partial charge in [0.25, 0.3) is 0 Å². The average Bonchev–Trinajstić information content (AvgIpc) is 2.16. The Labute approximate surface area is 92.1 Å². The fraction of sp³-hybridized carbons (Fsp3) is 0.300. The summed E-state index contributed by atoms with van der Waals surface area (Å²) < 4.78 is 0. The van der Waals surface area contributed by atoms with Gasteiger partial charge in [-0.1, -0.05) is 28.9 Å². The van der Waals surface area contributed by atoms with Crippen molar-refractivity contribution < 1.29 is 4.79 Å². The highest BCUT2D eigenvalue weighted by Gasteiger charge is 2.06. The Bertz CT molecular complexity index is 323. The molecule has 13 heavy (non-hydrogen) atoms. The Balaban J connectivity index is 3.05. The monoisotopic (exact) mass is 258 g/mol. The van der Waals surface area contributed by atoms with E-state index in [-0.39, 0.29) is 5.78 Å². The van der Waals surface area contributed by atoms with Crippen LogP contribution < -0.4 is 0 Å². The van der Waals surface area contributed by atoms with Crippen molar-refractivity contribution in [1.82, 2.24) is 0 Å². The summed E-state index contributed by atoms with van der Waals surface area (Å²) in [6.07, 6.45) is 0.529. The van der Waals surface area contributed by atoms with Crippen molar-refractivity contribution in [1.29, 1.82) is 0 Å². The number of ketones is 1. The Morgan fingerprint density at radius 2 is 2.23 bits per heavy atom. The molecule has 0 aliphatic heterocycles. The summed E-state index contributed by atoms with van der Waals surface area (Å²) in [5, 5.41) is 0.793. The average molecular weight is 259 g/mol. The van der Waals surface area contributed by atoms with Gasteiger partial charge in [0.15, 0.2) is 5.78 Å². The van der Waals surface area contributed by atoms with Crippen LogP contribution >= 0.6 is 28.6 Å². The molecule has 0 saturated carbocycles. The quantitative estimate of drug-likeness (QED) is 0.499. The summed E-state index contributed by atoms with van der Waals surface area (Å²) in [6, 6.07) is 5.70. The van der Waals surface area contributed by atoms with Gasteiger partial charge in [-0.05, 0) is 17.7 Å². The number of halogens is 1. The number of alkyl halides is 1. The molecule has 0 aliphatic carbocycles. The van der Waals surface area contributed by atoms with Crippen molar-refractivity contribution in [3.05, 3.63) is 29.3 Å². The molecule has 0 aromatic heterocycles. The highest BCUT2D eigenvalue weighted by atomic mass is 79.9. The molecule has 0 fully saturated rings. The third-order valence-corrected chi connectivity index (χ3v) is 2.86. The molecule has 0 spiro atoms. The molecule has 70 valence electrons. The fourth-order valence-corrected chi connectivity index (χ4v) is 1.80. The van der Waals surface area contributed by atoms with Crippen molar-refractivity contribution >= 4 is 34.3 Å². The van der Waals surface area contributed by atoms with Gasteiger partial charge < -0.3 is 0 Å². The molecule has 0 bridgehead atoms. The fourth-order valence-electron chi connectivity index (χ4n) is 1.09. The van der Waals surface area contributed by atoms with Crippen LogP contribution in [0.3, 0.4) is 0 Å². The van der Waals surface area contributed by atoms with E-state index in [1.54, 1.807) is 0 Å². The first-order valence-electron chi connectivity index (χ1n) is 4.10. The molecule has 0 unspecified atom stereocenters. The second-order valence-corrected chi connectivity index (χ2v) is 3.80. The summed E-state index contributed by atoms with van der Waals surface area (Å²) in [5.74, 6) is 0.145. The zero-order chi connectivity index (χ0) is 9.84. The van der Waals surface area contributed by atoms with E-state index < -0.39 is 0 Å². The molecule has 0 amide bonds. The lowest BCUT2D eigenvalue weighted by molar-refractivity contribution is 0.0985. The van der Waals surface area contributed by atoms with Gasteiger partial charge in [0, 0.05) is 22.2 Å². The van der Waals surface area contributed by atoms with E-state index in [1.807, 2.05) is 25.1 Å². The molecular weight excluding hydrogens is 248 g/mol. The molecule has 1 rings (SSSR count). The van der Waals surface area contributed by atoms with Crippen LogP contribution in [0.4, 0.5) is 0 Å². The van der Waals surface area contributed by atoms with E-state index in [0.29, 0.717) is 6.42 Å². The largest absolute Gasteiger partial charge is 0.294 e. The molecule has 1 aromatic rings. The SMILES string of the molecule is CCC(=O)c1ccc(CBr)cc1S. The lowest BCUT2D eigenvalue weighted by atomic mass is 10.1. The Kier molecular flexibility index (Phi) is 4.00. The first-order valence-corrected chi connectivity index (χ1v) is 5.67. The van der Waals surface area contributed by atoms with E-state index in [0.717, 1.165) is 21.4 Å². The van der Waals surface area contributed by atoms with Crippen molar-refractivity contribution in [3.8, 4) is 0 Å². The minimum Gasteiger partial charge on any atom is -0.294 e. The van der Waals surface area contributed by atoms with Crippen molar-refractivity contribution in [2.75, 3.05) is 0 Å². The van der Waals surface area contributed by atoms with Gasteiger partial charge in [0.1, 0.15) is 0 Å². The number of benzene rings is 1. The second-order valence-electron chi connectivity index (χ2n) is 2.76. The zero-order valence-electron chi connectivity index (χ0n) is 7.38. The molecule has 0 aliphatic rings. The summed E-state index contributed by atoms with van der Waals surface area (Å²) >= 11 is 7.62. The lowest BCUT2D eigenvalue weighted by Crippen LogP contribution is -1.98. The van der Waals surface area contributed by atoms with E-state index in [9.17, 15) is 4.79 Å². The minimum atomic E-state index is 0.145. The van der Waals surface area contributed by atoms with E-state index in [1.165, 1.54) is 0 Å². The molecule has 1 aromatic carbocycles. The number of carbonyl (C=O) groups excluding carboxylic acids is 1. The van der Waals surface area contributed by atoms with Crippen LogP contribution in [0.25, 0.3) is 0 Å². The third-order valence-electron chi connectivity index (χ3n) is 1.84. The highest BCUT2D eigenvalue weighted by Crippen LogP contribution is 2.19. The topological polar surface area (TPSA) is 17.1 Å². The van der Waals surface area contributed by atoms with Crippen LogP contribution in [0.1, 0.15) is 29.3 Å². The van der Waals surface area contributed by atoms with Crippen LogP contribution in [-0.4, -0.2) is 5.78 Å². The summed E-state index contributed by atoms with van der Waals surface area (Å²) in [6.45, 7) is 1.86. The van der Waals surface area contributed by atoms with Crippen LogP contribution in [0.2, 0.25) is 0 Å². The molecule has 0 atom stereocenters. The molecule has 3 heteroatoms. The zero-order valence-corrected chi connectivity index (χ0v) is 9.86. The van der Waals surface area contributed by atoms with Gasteiger partial charge in [0.05, 0.1) is 0 Å². The Hall–Kier alpha value is -0.280. The highest BCUT2D eigenvalue weighted by molar-refractivity contribution is 9.08. The predicted molar refractivity (Wildman–Crippen MR) is 60.9 cm³/mol. The first-order chi connectivity index (χ1) is 6.19. The maximum absolute atomic E-state index is 11.4. The van der Waals surface area contributed by atoms with Crippen molar-refractivity contribution in [2.24, 2.45) is 0 Å². The molecular formula is C10H11BrOS. The summed E-state index contributed by atoms with van der Waals surface area (Å²) in [5.41, 5.74) is 1.85. The molecule has 0 radical (unpaired) electrons. The lowest BCUT2D eigenvalue weighted by Gasteiger charge is -2.03. The van der Waals surface area contributed by atoms with Gasteiger partial charge >= 0.3 is 0 Å². The third kappa shape index (κ3) is 2.58. The summed E-state index contributed by atoms with van der Waals surface area (Å²) in [4.78, 5) is 12.1. The Morgan fingerprint density at radius 3 is 2.69 bits per heavy atom. The molecule has 1 nitrogen and oxygen atoms in total. The number of hydrogen-bond acceptors (Lipinski definition) is 2. The van der Waals surface area contributed by atoms with Gasteiger partial charge in [-0.3, -0.25) is 4.79 Å². The number of thiol groups is 1. The number of carbonyl (C=O) groups is 1. The van der Waals surface area contributed by atoms with Crippen LogP contribution in [0.5, 0.6) is 0 Å². The van der Waals surface area contributed by atoms with E-state index >= 15 is 0 Å². The van der Waals surface area contributed by atoms with Gasteiger partial charge in [0.2, 0.25) is 0 Å². The van der Waals surface area contributed by atoms with Crippen LogP contribution in [0.15, 0.2) is 23.1 Å². The smallest absolute Gasteiger partial charge is 0.163 e. The van der Waals surface area contributed by atoms with Gasteiger partial charge in [-0.15, -0.1) is 12.6 Å². The van der Waals surface area contributed by atoms with Gasteiger partial charge in [-0.25, -0.2) is 0 Å². The van der Waals surface area contributed by atoms with Gasteiger partial charge in [-0.2, -0.15) is 0 Å². The van der Waals surface area contributed by atoms with E-state index in [2.05, 4.69) is 28.6 Å². The second kappa shape index (κ2) is 4.82. The maximum Gasteiger partial charge on any atom is 0.163 e. The van der Waals surface area contributed by atoms with Crippen molar-refractivity contribution in [3.63, 3.8) is 0 Å². The standard InChI is InChI=1S/C10H11BrOS/c1-2-9(12)8-4-3-7(6-11)5-10(8)13/h3-5,13H,2,6H2,1H3. The normalized spacial score (nSPS) is 10.1. The molecule has 0 saturated heterocycles. The van der Waals surface area contributed by atoms with Crippen LogP contribution in [0, 0.1) is 0 Å². The minimum absolute atomic E-state index is 0.145. The number of Topliss-reactive ketones (excluding diaryl/α,β-unsaturated/α-hetero) is 1. The van der Waals surface area contributed by atoms with Crippen LogP contribution in [-0.2, 0) is 5.33 Å². The molecule has 0 heterocycles. The number of hydrogen-bond donors (Lipinski definition) is 1. The Morgan fingerprint density at radius 1 is 1.54 bits per heavy atom. The predicted octanol–water partition coefficient (Wildman–Crippen LogP) is 3.46. The first kappa shape index (κ1) is 10.8. The van der Waals surface area contributed by atoms with E-state index in [4.69, 9.17) is 0 Å². The summed E-state index contributed by atoms with van der Waals surface area (Å²) in [7, 11) is 0.